The number of anilines is 1. The van der Waals surface area contributed by atoms with E-state index in [0.717, 1.165) is 11.3 Å². The molecular formula is C18H21NO3. The number of rotatable bonds is 5. The molecule has 22 heavy (non-hydrogen) atoms. The lowest BCUT2D eigenvalue weighted by atomic mass is 10.1. The minimum atomic E-state index is -0.108. The first-order chi connectivity index (χ1) is 10.6. The molecule has 4 heteroatoms. The molecule has 0 aromatic heterocycles. The number of ether oxygens (including phenoxy) is 2. The van der Waals surface area contributed by atoms with Crippen LogP contribution in [0, 0.1) is 6.92 Å². The van der Waals surface area contributed by atoms with Gasteiger partial charge >= 0.3 is 0 Å². The fourth-order valence-electron chi connectivity index (χ4n) is 2.41. The van der Waals surface area contributed by atoms with E-state index in [2.05, 4.69) is 0 Å². The van der Waals surface area contributed by atoms with Gasteiger partial charge in [-0.25, -0.2) is 0 Å². The highest BCUT2D eigenvalue weighted by molar-refractivity contribution is 6.08. The summed E-state index contributed by atoms with van der Waals surface area (Å²) in [6.07, 6.45) is 0. The van der Waals surface area contributed by atoms with Gasteiger partial charge in [-0.15, -0.1) is 0 Å². The van der Waals surface area contributed by atoms with Crippen molar-refractivity contribution in [3.63, 3.8) is 0 Å². The predicted molar refractivity (Wildman–Crippen MR) is 88.1 cm³/mol. The normalized spacial score (nSPS) is 10.2. The summed E-state index contributed by atoms with van der Waals surface area (Å²) in [5.74, 6) is 1.12. The summed E-state index contributed by atoms with van der Waals surface area (Å²) in [6.45, 7) is 4.44. The highest BCUT2D eigenvalue weighted by Crippen LogP contribution is 2.30. The number of hydrogen-bond acceptors (Lipinski definition) is 3. The van der Waals surface area contributed by atoms with Crippen molar-refractivity contribution >= 4 is 11.6 Å². The molecule has 0 spiro atoms. The molecule has 2 rings (SSSR count). The first-order valence-corrected chi connectivity index (χ1v) is 7.21. The van der Waals surface area contributed by atoms with Crippen molar-refractivity contribution in [1.82, 2.24) is 0 Å². The fraction of sp³-hybridized carbons (Fsp3) is 0.278. The molecule has 116 valence electrons. The molecular weight excluding hydrogens is 278 g/mol. The molecule has 0 aliphatic rings. The summed E-state index contributed by atoms with van der Waals surface area (Å²) >= 11 is 0. The van der Waals surface area contributed by atoms with Gasteiger partial charge in [0.05, 0.1) is 19.8 Å². The smallest absolute Gasteiger partial charge is 0.262 e. The van der Waals surface area contributed by atoms with E-state index in [1.807, 2.05) is 50.2 Å². The van der Waals surface area contributed by atoms with Crippen molar-refractivity contribution in [2.45, 2.75) is 13.8 Å². The molecule has 0 radical (unpaired) electrons. The van der Waals surface area contributed by atoms with E-state index < -0.39 is 0 Å². The summed E-state index contributed by atoms with van der Waals surface area (Å²) in [5, 5.41) is 0. The maximum atomic E-state index is 12.9. The third-order valence-electron chi connectivity index (χ3n) is 3.58. The van der Waals surface area contributed by atoms with Crippen LogP contribution in [0.1, 0.15) is 22.8 Å². The Labute approximate surface area is 131 Å². The zero-order valence-electron chi connectivity index (χ0n) is 13.4. The van der Waals surface area contributed by atoms with Crippen molar-refractivity contribution in [3.05, 3.63) is 53.6 Å². The van der Waals surface area contributed by atoms with Gasteiger partial charge in [0.1, 0.15) is 11.5 Å². The van der Waals surface area contributed by atoms with Crippen LogP contribution in [0.25, 0.3) is 0 Å². The molecule has 2 aromatic carbocycles. The maximum Gasteiger partial charge on any atom is 0.262 e. The maximum absolute atomic E-state index is 12.9. The number of amides is 1. The third-order valence-corrected chi connectivity index (χ3v) is 3.58. The zero-order valence-corrected chi connectivity index (χ0v) is 13.4. The summed E-state index contributed by atoms with van der Waals surface area (Å²) < 4.78 is 10.7. The van der Waals surface area contributed by atoms with Crippen LogP contribution in [0.15, 0.2) is 42.5 Å². The minimum Gasteiger partial charge on any atom is -0.496 e. The molecule has 0 bridgehead atoms. The number of nitrogens with zero attached hydrogens (tertiary/aromatic N) is 1. The number of carbonyl (C=O) groups is 1. The van der Waals surface area contributed by atoms with Crippen molar-refractivity contribution in [2.75, 3.05) is 25.7 Å². The Morgan fingerprint density at radius 2 is 1.68 bits per heavy atom. The molecule has 1 amide bonds. The topological polar surface area (TPSA) is 38.8 Å². The number of benzene rings is 2. The van der Waals surface area contributed by atoms with E-state index in [-0.39, 0.29) is 5.91 Å². The Bertz CT molecular complexity index is 653. The van der Waals surface area contributed by atoms with Gasteiger partial charge in [0.15, 0.2) is 0 Å². The zero-order chi connectivity index (χ0) is 16.1. The summed E-state index contributed by atoms with van der Waals surface area (Å²) in [6, 6.07) is 13.2. The highest BCUT2D eigenvalue weighted by Gasteiger charge is 2.21. The summed E-state index contributed by atoms with van der Waals surface area (Å²) in [7, 11) is 3.16. The van der Waals surface area contributed by atoms with Crippen LogP contribution in [0.3, 0.4) is 0 Å². The Balaban J connectivity index is 2.47. The van der Waals surface area contributed by atoms with Crippen LogP contribution < -0.4 is 14.4 Å². The Hall–Kier alpha value is -2.49. The lowest BCUT2D eigenvalue weighted by molar-refractivity contribution is 0.0985. The van der Waals surface area contributed by atoms with E-state index in [9.17, 15) is 4.79 Å². The molecule has 0 atom stereocenters. The van der Waals surface area contributed by atoms with Crippen LogP contribution in [0.5, 0.6) is 11.5 Å². The Kier molecular flexibility index (Phi) is 5.04. The molecule has 0 aliphatic carbocycles. The largest absolute Gasteiger partial charge is 0.496 e. The van der Waals surface area contributed by atoms with E-state index in [1.165, 1.54) is 0 Å². The molecule has 0 saturated carbocycles. The molecule has 0 unspecified atom stereocenters. The first kappa shape index (κ1) is 15.9. The second kappa shape index (κ2) is 6.98. The second-order valence-electron chi connectivity index (χ2n) is 4.91. The minimum absolute atomic E-state index is 0.108. The van der Waals surface area contributed by atoms with Gasteiger partial charge in [0.25, 0.3) is 5.91 Å². The number of hydrogen-bond donors (Lipinski definition) is 0. The Morgan fingerprint density at radius 3 is 2.23 bits per heavy atom. The molecule has 0 heterocycles. The Morgan fingerprint density at radius 1 is 1.05 bits per heavy atom. The predicted octanol–water partition coefficient (Wildman–Crippen LogP) is 3.68. The van der Waals surface area contributed by atoms with Gasteiger partial charge in [0.2, 0.25) is 0 Å². The quantitative estimate of drug-likeness (QED) is 0.845. The van der Waals surface area contributed by atoms with Gasteiger partial charge in [-0.1, -0.05) is 18.2 Å². The average Bonchev–Trinajstić information content (AvgIpc) is 2.56. The van der Waals surface area contributed by atoms with Gasteiger partial charge in [0, 0.05) is 12.2 Å². The fourth-order valence-corrected chi connectivity index (χ4v) is 2.41. The molecule has 4 nitrogen and oxygen atoms in total. The lowest BCUT2D eigenvalue weighted by Crippen LogP contribution is -2.31. The van der Waals surface area contributed by atoms with E-state index in [0.29, 0.717) is 23.6 Å². The summed E-state index contributed by atoms with van der Waals surface area (Å²) in [5.41, 5.74) is 2.28. The van der Waals surface area contributed by atoms with E-state index in [4.69, 9.17) is 9.47 Å². The van der Waals surface area contributed by atoms with Crippen molar-refractivity contribution < 1.29 is 14.3 Å². The van der Waals surface area contributed by atoms with Crippen LogP contribution in [0.4, 0.5) is 5.69 Å². The number of para-hydroxylation sites is 1. The first-order valence-electron chi connectivity index (χ1n) is 7.21. The monoisotopic (exact) mass is 299 g/mol. The molecule has 0 N–H and O–H groups in total. The van der Waals surface area contributed by atoms with Crippen molar-refractivity contribution in [3.8, 4) is 11.5 Å². The molecule has 0 aliphatic heterocycles. The number of aryl methyl sites for hydroxylation is 1. The highest BCUT2D eigenvalue weighted by atomic mass is 16.5. The number of methoxy groups -OCH3 is 2. The summed E-state index contributed by atoms with van der Waals surface area (Å²) in [4.78, 5) is 14.6. The van der Waals surface area contributed by atoms with Gasteiger partial charge < -0.3 is 14.4 Å². The van der Waals surface area contributed by atoms with Crippen LogP contribution >= 0.6 is 0 Å². The second-order valence-corrected chi connectivity index (χ2v) is 4.91. The molecule has 2 aromatic rings. The van der Waals surface area contributed by atoms with Crippen molar-refractivity contribution in [2.24, 2.45) is 0 Å². The van der Waals surface area contributed by atoms with Gasteiger partial charge in [-0.2, -0.15) is 0 Å². The number of carbonyl (C=O) groups excluding carboxylic acids is 1. The van der Waals surface area contributed by atoms with Crippen molar-refractivity contribution in [1.29, 1.82) is 0 Å². The van der Waals surface area contributed by atoms with Gasteiger partial charge in [-0.05, 0) is 43.7 Å². The van der Waals surface area contributed by atoms with Crippen LogP contribution in [-0.2, 0) is 0 Å². The standard InChI is InChI=1S/C18H21NO3/c1-5-19(14-9-7-6-8-10-14)18(20)15-12-16(21-3)13(2)11-17(15)22-4/h6-12H,5H2,1-4H3. The molecule has 0 saturated heterocycles. The molecule has 0 fully saturated rings. The average molecular weight is 299 g/mol. The SMILES string of the molecule is CCN(C(=O)c1cc(OC)c(C)cc1OC)c1ccccc1. The lowest BCUT2D eigenvalue weighted by Gasteiger charge is -2.22. The van der Waals surface area contributed by atoms with E-state index >= 15 is 0 Å². The van der Waals surface area contributed by atoms with Gasteiger partial charge in [-0.3, -0.25) is 4.79 Å². The van der Waals surface area contributed by atoms with Crippen LogP contribution in [0.2, 0.25) is 0 Å². The van der Waals surface area contributed by atoms with E-state index in [1.54, 1.807) is 25.2 Å². The third kappa shape index (κ3) is 3.06. The van der Waals surface area contributed by atoms with Crippen LogP contribution in [-0.4, -0.2) is 26.7 Å².